The van der Waals surface area contributed by atoms with Crippen LogP contribution in [-0.4, -0.2) is 24.3 Å². The molecule has 0 bridgehead atoms. The molecule has 0 aromatic heterocycles. The molecular formula is C14H23FN2. The Morgan fingerprint density at radius 2 is 1.94 bits per heavy atom. The second-order valence-electron chi connectivity index (χ2n) is 4.41. The zero-order chi connectivity index (χ0) is 12.5. The number of nitrogens with zero attached hydrogens (tertiary/aromatic N) is 1. The molecule has 96 valence electrons. The number of nitrogens with one attached hydrogen (secondary N) is 1. The highest BCUT2D eigenvalue weighted by Gasteiger charge is 2.03. The highest BCUT2D eigenvalue weighted by molar-refractivity contribution is 5.43. The van der Waals surface area contributed by atoms with E-state index < -0.39 is 0 Å². The molecule has 1 rings (SSSR count). The Morgan fingerprint density at radius 1 is 1.24 bits per heavy atom. The Morgan fingerprint density at radius 3 is 2.59 bits per heavy atom. The van der Waals surface area contributed by atoms with Crippen molar-refractivity contribution in [3.63, 3.8) is 0 Å². The summed E-state index contributed by atoms with van der Waals surface area (Å²) >= 11 is 0. The van der Waals surface area contributed by atoms with Crippen molar-refractivity contribution in [3.05, 3.63) is 30.3 Å². The van der Waals surface area contributed by atoms with Crippen LogP contribution in [-0.2, 0) is 0 Å². The predicted molar refractivity (Wildman–Crippen MR) is 71.7 cm³/mol. The third-order valence-corrected chi connectivity index (χ3v) is 2.82. The summed E-state index contributed by atoms with van der Waals surface area (Å²) in [7, 11) is 0. The molecule has 0 heterocycles. The highest BCUT2D eigenvalue weighted by Crippen LogP contribution is 2.10. The maximum Gasteiger partial charge on any atom is 0.0342 e. The van der Waals surface area contributed by atoms with Crippen molar-refractivity contribution in [1.82, 2.24) is 5.12 Å². The van der Waals surface area contributed by atoms with E-state index in [4.69, 9.17) is 0 Å². The van der Waals surface area contributed by atoms with E-state index in [2.05, 4.69) is 24.4 Å². The van der Waals surface area contributed by atoms with Crippen molar-refractivity contribution in [2.24, 2.45) is 0 Å². The van der Waals surface area contributed by atoms with Gasteiger partial charge in [-0.2, -0.15) is 0 Å². The van der Waals surface area contributed by atoms with Crippen molar-refractivity contribution < 1.29 is 4.48 Å². The molecule has 0 fully saturated rings. The topological polar surface area (TPSA) is 15.3 Å². The smallest absolute Gasteiger partial charge is 0.0342 e. The van der Waals surface area contributed by atoms with E-state index >= 15 is 0 Å². The predicted octanol–water partition coefficient (Wildman–Crippen LogP) is 3.86. The monoisotopic (exact) mass is 238 g/mol. The van der Waals surface area contributed by atoms with E-state index in [1.807, 2.05) is 25.1 Å². The summed E-state index contributed by atoms with van der Waals surface area (Å²) in [6.45, 7) is 5.03. The number of halogens is 1. The van der Waals surface area contributed by atoms with Crippen LogP contribution in [0, 0.1) is 0 Å². The first-order chi connectivity index (χ1) is 8.22. The molecule has 0 aliphatic carbocycles. The van der Waals surface area contributed by atoms with Crippen LogP contribution in [0.1, 0.15) is 33.1 Å². The van der Waals surface area contributed by atoms with Crippen LogP contribution in [0.15, 0.2) is 30.3 Å². The van der Waals surface area contributed by atoms with Crippen LogP contribution in [0.3, 0.4) is 0 Å². The molecular weight excluding hydrogens is 215 g/mol. The minimum absolute atomic E-state index is 0.437. The largest absolute Gasteiger partial charge is 0.383 e. The van der Waals surface area contributed by atoms with Crippen molar-refractivity contribution >= 4 is 5.69 Å². The fourth-order valence-corrected chi connectivity index (χ4v) is 1.78. The molecule has 1 aromatic carbocycles. The lowest BCUT2D eigenvalue weighted by Gasteiger charge is -2.15. The van der Waals surface area contributed by atoms with Gasteiger partial charge in [0.15, 0.2) is 0 Å². The van der Waals surface area contributed by atoms with Gasteiger partial charge in [-0.25, -0.2) is 0 Å². The molecule has 0 aliphatic heterocycles. The Bertz CT molecular complexity index is 290. The molecule has 3 heteroatoms. The van der Waals surface area contributed by atoms with Gasteiger partial charge in [-0.3, -0.25) is 0 Å². The Hall–Kier alpha value is -1.09. The summed E-state index contributed by atoms with van der Waals surface area (Å²) < 4.78 is 12.8. The first-order valence-electron chi connectivity index (χ1n) is 6.44. The quantitative estimate of drug-likeness (QED) is 0.546. The second kappa shape index (κ2) is 8.07. The van der Waals surface area contributed by atoms with Gasteiger partial charge < -0.3 is 5.32 Å². The molecule has 0 saturated carbocycles. The fourth-order valence-electron chi connectivity index (χ4n) is 1.78. The molecule has 0 aliphatic rings. The number of unbranched alkanes of at least 4 members (excludes halogenated alkanes) is 1. The molecule has 0 saturated heterocycles. The van der Waals surface area contributed by atoms with Gasteiger partial charge in [0.05, 0.1) is 0 Å². The third-order valence-electron chi connectivity index (χ3n) is 2.82. The van der Waals surface area contributed by atoms with Crippen LogP contribution in [0.4, 0.5) is 10.2 Å². The van der Waals surface area contributed by atoms with Crippen molar-refractivity contribution in [2.75, 3.05) is 18.4 Å². The zero-order valence-corrected chi connectivity index (χ0v) is 10.8. The Balaban J connectivity index is 2.11. The molecule has 0 radical (unpaired) electrons. The van der Waals surface area contributed by atoms with Crippen LogP contribution in [0.2, 0.25) is 0 Å². The summed E-state index contributed by atoms with van der Waals surface area (Å²) in [5, 5.41) is 4.31. The lowest BCUT2D eigenvalue weighted by molar-refractivity contribution is 0.0301. The first-order valence-corrected chi connectivity index (χ1v) is 6.44. The van der Waals surface area contributed by atoms with E-state index in [-0.39, 0.29) is 0 Å². The van der Waals surface area contributed by atoms with Gasteiger partial charge in [0.25, 0.3) is 0 Å². The van der Waals surface area contributed by atoms with E-state index in [9.17, 15) is 4.48 Å². The van der Waals surface area contributed by atoms with Crippen LogP contribution >= 0.6 is 0 Å². The first kappa shape index (κ1) is 14.0. The van der Waals surface area contributed by atoms with Crippen LogP contribution in [0.25, 0.3) is 0 Å². The summed E-state index contributed by atoms with van der Waals surface area (Å²) in [5.74, 6) is 0. The lowest BCUT2D eigenvalue weighted by atomic mass is 10.1. The van der Waals surface area contributed by atoms with Crippen molar-refractivity contribution in [1.29, 1.82) is 0 Å². The van der Waals surface area contributed by atoms with Gasteiger partial charge in [0.2, 0.25) is 0 Å². The third kappa shape index (κ3) is 6.27. The van der Waals surface area contributed by atoms with Gasteiger partial charge in [0, 0.05) is 24.8 Å². The van der Waals surface area contributed by atoms with Gasteiger partial charge in [-0.15, -0.1) is 9.60 Å². The van der Waals surface area contributed by atoms with Gasteiger partial charge >= 0.3 is 0 Å². The van der Waals surface area contributed by atoms with Gasteiger partial charge in [0.1, 0.15) is 0 Å². The second-order valence-corrected chi connectivity index (χ2v) is 4.41. The molecule has 0 spiro atoms. The molecule has 17 heavy (non-hydrogen) atoms. The number of rotatable bonds is 8. The molecule has 1 atom stereocenters. The summed E-state index contributed by atoms with van der Waals surface area (Å²) in [6.07, 6.45) is 3.05. The van der Waals surface area contributed by atoms with Crippen LogP contribution in [0.5, 0.6) is 0 Å². The van der Waals surface area contributed by atoms with E-state index in [1.54, 1.807) is 0 Å². The number of para-hydroxylation sites is 1. The van der Waals surface area contributed by atoms with Crippen LogP contribution < -0.4 is 5.32 Å². The standard InChI is InChI=1S/C14H23FN2/c1-3-17(15)12-8-7-9-13(2)16-14-10-5-4-6-11-14/h4-6,10-11,13,16H,3,7-9,12H2,1-2H3. The lowest BCUT2D eigenvalue weighted by Crippen LogP contribution is -2.17. The van der Waals surface area contributed by atoms with Crippen molar-refractivity contribution in [2.45, 2.75) is 39.2 Å². The van der Waals surface area contributed by atoms with E-state index in [1.165, 1.54) is 0 Å². The molecule has 0 amide bonds. The minimum Gasteiger partial charge on any atom is -0.383 e. The maximum absolute atomic E-state index is 12.8. The Kier molecular flexibility index (Phi) is 6.63. The Labute approximate surface area is 104 Å². The number of anilines is 1. The molecule has 1 unspecified atom stereocenters. The molecule has 1 aromatic rings. The number of benzene rings is 1. The summed E-state index contributed by atoms with van der Waals surface area (Å²) in [6, 6.07) is 10.6. The van der Waals surface area contributed by atoms with Crippen molar-refractivity contribution in [3.8, 4) is 0 Å². The summed E-state index contributed by atoms with van der Waals surface area (Å²) in [4.78, 5) is 0. The highest BCUT2D eigenvalue weighted by atomic mass is 19.2. The number of hydrogen-bond donors (Lipinski definition) is 1. The van der Waals surface area contributed by atoms with Gasteiger partial charge in [-0.05, 0) is 38.8 Å². The molecule has 2 nitrogen and oxygen atoms in total. The van der Waals surface area contributed by atoms with E-state index in [0.717, 1.165) is 30.1 Å². The summed E-state index contributed by atoms with van der Waals surface area (Å²) in [5.41, 5.74) is 1.15. The normalized spacial score (nSPS) is 12.7. The number of hydrogen-bond acceptors (Lipinski definition) is 2. The fraction of sp³-hybridized carbons (Fsp3) is 0.571. The minimum atomic E-state index is 0.437. The van der Waals surface area contributed by atoms with Gasteiger partial charge in [-0.1, -0.05) is 24.6 Å². The molecule has 1 N–H and O–H groups in total. The maximum atomic E-state index is 12.8. The SMILES string of the molecule is CCN(F)CCCCC(C)Nc1ccccc1. The average molecular weight is 238 g/mol. The van der Waals surface area contributed by atoms with E-state index in [0.29, 0.717) is 19.1 Å². The average Bonchev–Trinajstić information content (AvgIpc) is 2.35. The zero-order valence-electron chi connectivity index (χ0n) is 10.8.